The van der Waals surface area contributed by atoms with Gasteiger partial charge < -0.3 is 4.74 Å². The van der Waals surface area contributed by atoms with Gasteiger partial charge in [-0.2, -0.15) is 5.10 Å². The van der Waals surface area contributed by atoms with Gasteiger partial charge in [0.05, 0.1) is 11.4 Å². The minimum absolute atomic E-state index is 0.293. The van der Waals surface area contributed by atoms with E-state index in [0.717, 1.165) is 17.1 Å². The van der Waals surface area contributed by atoms with Crippen LogP contribution < -0.4 is 16.0 Å². The lowest BCUT2D eigenvalue weighted by atomic mass is 10.3. The van der Waals surface area contributed by atoms with E-state index in [2.05, 4.69) is 10.1 Å². The monoisotopic (exact) mass is 281 g/mol. The number of thiazole rings is 1. The van der Waals surface area contributed by atoms with Crippen LogP contribution in [0.2, 0.25) is 0 Å². The minimum atomic E-state index is -0.398. The molecule has 0 aromatic carbocycles. The van der Waals surface area contributed by atoms with E-state index in [4.69, 9.17) is 10.6 Å². The zero-order chi connectivity index (χ0) is 14.0. The van der Waals surface area contributed by atoms with Crippen LogP contribution in [0.3, 0.4) is 0 Å². The summed E-state index contributed by atoms with van der Waals surface area (Å²) >= 11 is 1.23. The van der Waals surface area contributed by atoms with Gasteiger partial charge in [-0.1, -0.05) is 0 Å². The van der Waals surface area contributed by atoms with Crippen LogP contribution in [0.4, 0.5) is 0 Å². The number of rotatable bonds is 4. The highest BCUT2D eigenvalue weighted by Gasteiger charge is 2.13. The maximum atomic E-state index is 11.3. The smallest absolute Gasteiger partial charge is 0.294 e. The highest BCUT2D eigenvalue weighted by molar-refractivity contribution is 7.11. The van der Waals surface area contributed by atoms with Crippen molar-refractivity contribution in [1.82, 2.24) is 20.2 Å². The Kier molecular flexibility index (Phi) is 3.82. The Morgan fingerprint density at radius 3 is 2.89 bits per heavy atom. The fourth-order valence-corrected chi connectivity index (χ4v) is 2.35. The Morgan fingerprint density at radius 1 is 1.58 bits per heavy atom. The number of ether oxygens (including phenoxy) is 1. The average Bonchev–Trinajstić information content (AvgIpc) is 2.94. The molecule has 2 heterocycles. The fraction of sp³-hybridized carbons (Fsp3) is 0.364. The zero-order valence-electron chi connectivity index (χ0n) is 10.9. The summed E-state index contributed by atoms with van der Waals surface area (Å²) in [5, 5.41) is 6.35. The first-order chi connectivity index (χ1) is 9.02. The molecule has 0 bridgehead atoms. The molecule has 2 aromatic rings. The van der Waals surface area contributed by atoms with Crippen LogP contribution in [0, 0.1) is 13.8 Å². The third kappa shape index (κ3) is 2.74. The van der Waals surface area contributed by atoms with E-state index in [-0.39, 0.29) is 0 Å². The standard InChI is InChI=1S/C11H15N5O2S/c1-6-9(7(2)16(3)15-6)18-4-8-5-19-11(13-8)10(17)14-12/h5H,4,12H2,1-3H3,(H,14,17). The Hall–Kier alpha value is -1.93. The normalized spacial score (nSPS) is 10.5. The third-order valence-corrected chi connectivity index (χ3v) is 3.57. The summed E-state index contributed by atoms with van der Waals surface area (Å²) in [4.78, 5) is 15.4. The molecule has 3 N–H and O–H groups in total. The molecule has 0 saturated heterocycles. The first-order valence-electron chi connectivity index (χ1n) is 5.61. The minimum Gasteiger partial charge on any atom is -0.483 e. The van der Waals surface area contributed by atoms with Crippen molar-refractivity contribution in [2.24, 2.45) is 12.9 Å². The van der Waals surface area contributed by atoms with Crippen LogP contribution in [0.15, 0.2) is 5.38 Å². The predicted octanol–water partition coefficient (Wildman–Crippen LogP) is 0.676. The lowest BCUT2D eigenvalue weighted by Gasteiger charge is -2.04. The number of aryl methyl sites for hydroxylation is 2. The number of aromatic nitrogens is 3. The lowest BCUT2D eigenvalue weighted by Crippen LogP contribution is -2.29. The summed E-state index contributed by atoms with van der Waals surface area (Å²) in [5.74, 6) is 5.40. The van der Waals surface area contributed by atoms with E-state index in [1.165, 1.54) is 11.3 Å². The fourth-order valence-electron chi connectivity index (χ4n) is 1.65. The number of hydrazine groups is 1. The molecule has 0 atom stereocenters. The van der Waals surface area contributed by atoms with Crippen molar-refractivity contribution in [1.29, 1.82) is 0 Å². The number of hydrogen-bond donors (Lipinski definition) is 2. The number of hydrogen-bond acceptors (Lipinski definition) is 6. The molecular weight excluding hydrogens is 266 g/mol. The molecule has 0 aliphatic carbocycles. The topological polar surface area (TPSA) is 95.1 Å². The van der Waals surface area contributed by atoms with Crippen molar-refractivity contribution in [2.45, 2.75) is 20.5 Å². The van der Waals surface area contributed by atoms with E-state index in [1.807, 2.05) is 26.3 Å². The van der Waals surface area contributed by atoms with Crippen LogP contribution in [0.25, 0.3) is 0 Å². The lowest BCUT2D eigenvalue weighted by molar-refractivity contribution is 0.0953. The molecule has 0 spiro atoms. The van der Waals surface area contributed by atoms with Crippen LogP contribution in [-0.4, -0.2) is 20.7 Å². The summed E-state index contributed by atoms with van der Waals surface area (Å²) in [6, 6.07) is 0. The van der Waals surface area contributed by atoms with Gasteiger partial charge in [0, 0.05) is 12.4 Å². The van der Waals surface area contributed by atoms with Gasteiger partial charge in [0.25, 0.3) is 5.91 Å². The molecule has 0 aliphatic rings. The Morgan fingerprint density at radius 2 is 2.32 bits per heavy atom. The number of nitrogens with one attached hydrogen (secondary N) is 1. The molecule has 0 saturated carbocycles. The van der Waals surface area contributed by atoms with E-state index in [1.54, 1.807) is 10.1 Å². The molecule has 0 fully saturated rings. The summed E-state index contributed by atoms with van der Waals surface area (Å²) in [6.45, 7) is 4.11. The van der Waals surface area contributed by atoms with Crippen LogP contribution in [-0.2, 0) is 13.7 Å². The van der Waals surface area contributed by atoms with Crippen molar-refractivity contribution >= 4 is 17.2 Å². The summed E-state index contributed by atoms with van der Waals surface area (Å²) in [7, 11) is 1.86. The summed E-state index contributed by atoms with van der Waals surface area (Å²) in [6.07, 6.45) is 0. The molecule has 0 unspecified atom stereocenters. The Bertz CT molecular complexity index is 604. The van der Waals surface area contributed by atoms with E-state index < -0.39 is 5.91 Å². The van der Waals surface area contributed by atoms with Crippen molar-refractivity contribution in [3.05, 3.63) is 27.5 Å². The molecule has 0 aliphatic heterocycles. The summed E-state index contributed by atoms with van der Waals surface area (Å²) < 4.78 is 7.46. The van der Waals surface area contributed by atoms with Gasteiger partial charge in [0.1, 0.15) is 12.3 Å². The predicted molar refractivity (Wildman–Crippen MR) is 70.8 cm³/mol. The summed E-state index contributed by atoms with van der Waals surface area (Å²) in [5.41, 5.74) is 4.51. The highest BCUT2D eigenvalue weighted by Crippen LogP contribution is 2.22. The second-order valence-corrected chi connectivity index (χ2v) is 4.89. The van der Waals surface area contributed by atoms with Gasteiger partial charge >= 0.3 is 0 Å². The Balaban J connectivity index is 2.06. The number of amides is 1. The van der Waals surface area contributed by atoms with Gasteiger partial charge in [0.2, 0.25) is 0 Å². The second kappa shape index (κ2) is 5.37. The van der Waals surface area contributed by atoms with Gasteiger partial charge in [-0.15, -0.1) is 11.3 Å². The van der Waals surface area contributed by atoms with Crippen molar-refractivity contribution in [3.8, 4) is 5.75 Å². The van der Waals surface area contributed by atoms with Gasteiger partial charge in [-0.3, -0.25) is 14.9 Å². The van der Waals surface area contributed by atoms with Crippen molar-refractivity contribution in [3.63, 3.8) is 0 Å². The highest BCUT2D eigenvalue weighted by atomic mass is 32.1. The van der Waals surface area contributed by atoms with Crippen LogP contribution >= 0.6 is 11.3 Å². The maximum absolute atomic E-state index is 11.3. The van der Waals surface area contributed by atoms with Gasteiger partial charge in [-0.05, 0) is 13.8 Å². The third-order valence-electron chi connectivity index (χ3n) is 2.68. The van der Waals surface area contributed by atoms with E-state index in [9.17, 15) is 4.79 Å². The first kappa shape index (κ1) is 13.5. The molecule has 102 valence electrons. The second-order valence-electron chi connectivity index (χ2n) is 4.03. The molecule has 7 nitrogen and oxygen atoms in total. The van der Waals surface area contributed by atoms with Gasteiger partial charge in [0.15, 0.2) is 10.8 Å². The van der Waals surface area contributed by atoms with E-state index in [0.29, 0.717) is 17.3 Å². The molecule has 19 heavy (non-hydrogen) atoms. The average molecular weight is 281 g/mol. The molecule has 0 radical (unpaired) electrons. The number of nitrogens with zero attached hydrogens (tertiary/aromatic N) is 3. The number of carbonyl (C=O) groups is 1. The van der Waals surface area contributed by atoms with Gasteiger partial charge in [-0.25, -0.2) is 10.8 Å². The largest absolute Gasteiger partial charge is 0.483 e. The first-order valence-corrected chi connectivity index (χ1v) is 6.49. The number of nitrogen functional groups attached to an aromatic ring is 1. The SMILES string of the molecule is Cc1nn(C)c(C)c1OCc1csc(C(=O)NN)n1. The van der Waals surface area contributed by atoms with Crippen molar-refractivity contribution in [2.75, 3.05) is 0 Å². The molecule has 1 amide bonds. The van der Waals surface area contributed by atoms with Crippen LogP contribution in [0.5, 0.6) is 5.75 Å². The van der Waals surface area contributed by atoms with Crippen molar-refractivity contribution < 1.29 is 9.53 Å². The quantitative estimate of drug-likeness (QED) is 0.488. The number of carbonyl (C=O) groups excluding carboxylic acids is 1. The number of nitrogens with two attached hydrogens (primary N) is 1. The Labute approximate surface area is 114 Å². The molecule has 8 heteroatoms. The maximum Gasteiger partial charge on any atom is 0.294 e. The zero-order valence-corrected chi connectivity index (χ0v) is 11.7. The molecule has 2 aromatic heterocycles. The molecule has 2 rings (SSSR count). The van der Waals surface area contributed by atoms with E-state index >= 15 is 0 Å². The molecular formula is C11H15N5O2S. The van der Waals surface area contributed by atoms with Crippen LogP contribution in [0.1, 0.15) is 26.9 Å².